The highest BCUT2D eigenvalue weighted by molar-refractivity contribution is 6.27. The summed E-state index contributed by atoms with van der Waals surface area (Å²) >= 11 is 5.58. The van der Waals surface area contributed by atoms with Gasteiger partial charge in [0, 0.05) is 43.6 Å². The molecule has 0 aliphatic carbocycles. The van der Waals surface area contributed by atoms with Gasteiger partial charge in [-0.2, -0.15) is 0 Å². The van der Waals surface area contributed by atoms with Crippen LogP contribution < -0.4 is 4.90 Å². The van der Waals surface area contributed by atoms with E-state index in [2.05, 4.69) is 16.5 Å². The number of hydrogen-bond donors (Lipinski definition) is 1. The number of hydrogen-bond acceptors (Lipinski definition) is 3. The van der Waals surface area contributed by atoms with Crippen LogP contribution in [0.15, 0.2) is 41.9 Å². The van der Waals surface area contributed by atoms with Crippen molar-refractivity contribution >= 4 is 35.2 Å². The number of carbonyl (C=O) groups excluding carboxylic acids is 1. The fourth-order valence-electron chi connectivity index (χ4n) is 2.33. The second kappa shape index (κ2) is 7.75. The number of nitrogens with one attached hydrogen (secondary N) is 1. The summed E-state index contributed by atoms with van der Waals surface area (Å²) in [4.78, 5) is 19.5. The molecular formula is C16H19ClN4O. The minimum atomic E-state index is -0.00908. The molecule has 0 saturated carbocycles. The van der Waals surface area contributed by atoms with Gasteiger partial charge in [-0.1, -0.05) is 12.7 Å². The van der Waals surface area contributed by atoms with E-state index in [1.165, 1.54) is 6.21 Å². The third kappa shape index (κ3) is 3.95. The first-order valence-electron chi connectivity index (χ1n) is 7.08. The Labute approximate surface area is 135 Å². The lowest BCUT2D eigenvalue weighted by molar-refractivity contribution is -0.128. The number of piperazine rings is 1. The molecular weight excluding hydrogens is 300 g/mol. The van der Waals surface area contributed by atoms with Crippen LogP contribution in [0.4, 0.5) is 5.69 Å². The zero-order valence-electron chi connectivity index (χ0n) is 12.3. The zero-order chi connectivity index (χ0) is 15.9. The van der Waals surface area contributed by atoms with Crippen LogP contribution in [0.1, 0.15) is 5.56 Å². The molecule has 0 spiro atoms. The molecule has 0 aromatic heterocycles. The van der Waals surface area contributed by atoms with Crippen LogP contribution in [0.3, 0.4) is 0 Å². The smallest absolute Gasteiger partial charge is 0.237 e. The summed E-state index contributed by atoms with van der Waals surface area (Å²) in [5.41, 5.74) is 1.85. The largest absolute Gasteiger partial charge is 0.368 e. The molecule has 22 heavy (non-hydrogen) atoms. The van der Waals surface area contributed by atoms with E-state index in [-0.39, 0.29) is 17.6 Å². The Balaban J connectivity index is 1.97. The maximum atomic E-state index is 11.5. The fourth-order valence-corrected chi connectivity index (χ4v) is 2.50. The number of benzene rings is 1. The molecule has 0 atom stereocenters. The maximum Gasteiger partial charge on any atom is 0.237 e. The van der Waals surface area contributed by atoms with Gasteiger partial charge in [-0.05, 0) is 24.3 Å². The van der Waals surface area contributed by atoms with E-state index >= 15 is 0 Å². The fraction of sp³-hybridized carbons (Fsp3) is 0.312. The molecule has 1 aliphatic rings. The van der Waals surface area contributed by atoms with Crippen molar-refractivity contribution < 1.29 is 4.79 Å². The van der Waals surface area contributed by atoms with E-state index < -0.39 is 0 Å². The Bertz CT molecular complexity index is 574. The third-order valence-electron chi connectivity index (χ3n) is 3.56. The molecule has 0 bridgehead atoms. The van der Waals surface area contributed by atoms with Crippen LogP contribution in [0.5, 0.6) is 0 Å². The summed E-state index contributed by atoms with van der Waals surface area (Å²) in [6.07, 6.45) is 3.05. The highest BCUT2D eigenvalue weighted by Gasteiger charge is 2.20. The summed E-state index contributed by atoms with van der Waals surface area (Å²) in [5, 5.41) is 7.83. The van der Waals surface area contributed by atoms with Gasteiger partial charge in [0.05, 0.1) is 0 Å². The van der Waals surface area contributed by atoms with Gasteiger partial charge in [-0.25, -0.2) is 4.99 Å². The van der Waals surface area contributed by atoms with E-state index in [1.807, 2.05) is 24.3 Å². The van der Waals surface area contributed by atoms with Crippen LogP contribution in [0.25, 0.3) is 0 Å². The first-order chi connectivity index (χ1) is 10.7. The van der Waals surface area contributed by atoms with Crippen molar-refractivity contribution in [1.82, 2.24) is 4.90 Å². The van der Waals surface area contributed by atoms with Crippen molar-refractivity contribution in [2.45, 2.75) is 0 Å². The molecule has 2 rings (SSSR count). The second-order valence-corrected chi connectivity index (χ2v) is 5.18. The molecule has 1 amide bonds. The van der Waals surface area contributed by atoms with Crippen molar-refractivity contribution in [3.8, 4) is 0 Å². The van der Waals surface area contributed by atoms with E-state index in [1.54, 1.807) is 11.0 Å². The zero-order valence-corrected chi connectivity index (χ0v) is 13.1. The van der Waals surface area contributed by atoms with Crippen molar-refractivity contribution in [2.24, 2.45) is 4.99 Å². The number of carbonyl (C=O) groups is 1. The van der Waals surface area contributed by atoms with Gasteiger partial charge in [0.1, 0.15) is 5.88 Å². The Hall–Kier alpha value is -2.14. The van der Waals surface area contributed by atoms with Gasteiger partial charge in [0.25, 0.3) is 0 Å². The minimum absolute atomic E-state index is 0.00908. The molecule has 1 aliphatic heterocycles. The van der Waals surface area contributed by atoms with Crippen LogP contribution in [-0.2, 0) is 4.79 Å². The lowest BCUT2D eigenvalue weighted by atomic mass is 10.1. The summed E-state index contributed by atoms with van der Waals surface area (Å²) < 4.78 is 0. The molecule has 1 aromatic rings. The number of anilines is 1. The molecule has 6 heteroatoms. The Morgan fingerprint density at radius 3 is 2.45 bits per heavy atom. The molecule has 1 aromatic carbocycles. The molecule has 1 saturated heterocycles. The number of amides is 1. The van der Waals surface area contributed by atoms with Gasteiger partial charge in [0.15, 0.2) is 5.84 Å². The first-order valence-corrected chi connectivity index (χ1v) is 7.62. The lowest BCUT2D eigenvalue weighted by Gasteiger charge is -2.35. The molecule has 0 radical (unpaired) electrons. The SMILES string of the molecule is C=CC=NC(=N)c1ccc(N2CCN(C(=O)CCl)CC2)cc1. The van der Waals surface area contributed by atoms with E-state index in [9.17, 15) is 4.79 Å². The summed E-state index contributed by atoms with van der Waals surface area (Å²) in [5.74, 6) is 0.247. The van der Waals surface area contributed by atoms with Crippen molar-refractivity contribution in [3.63, 3.8) is 0 Å². The van der Waals surface area contributed by atoms with Crippen molar-refractivity contribution in [2.75, 3.05) is 37.0 Å². The number of nitrogens with zero attached hydrogens (tertiary/aromatic N) is 3. The van der Waals surface area contributed by atoms with Crippen LogP contribution >= 0.6 is 11.6 Å². The highest BCUT2D eigenvalue weighted by Crippen LogP contribution is 2.18. The van der Waals surface area contributed by atoms with Crippen molar-refractivity contribution in [1.29, 1.82) is 5.41 Å². The third-order valence-corrected chi connectivity index (χ3v) is 3.79. The topological polar surface area (TPSA) is 59.8 Å². The Morgan fingerprint density at radius 1 is 1.27 bits per heavy atom. The normalized spacial score (nSPS) is 15.1. The predicted octanol–water partition coefficient (Wildman–Crippen LogP) is 2.16. The van der Waals surface area contributed by atoms with Gasteiger partial charge >= 0.3 is 0 Å². The van der Waals surface area contributed by atoms with E-state index in [0.717, 1.165) is 24.3 Å². The molecule has 1 heterocycles. The predicted molar refractivity (Wildman–Crippen MR) is 91.5 cm³/mol. The standard InChI is InChI=1S/C16H19ClN4O/c1-2-7-19-16(18)13-3-5-14(6-4-13)20-8-10-21(11-9-20)15(22)12-17/h2-7,18H,1,8-12H2. The van der Waals surface area contributed by atoms with Gasteiger partial charge in [-0.3, -0.25) is 10.2 Å². The molecule has 5 nitrogen and oxygen atoms in total. The average Bonchev–Trinajstić information content (AvgIpc) is 2.59. The summed E-state index contributed by atoms with van der Waals surface area (Å²) in [7, 11) is 0. The van der Waals surface area contributed by atoms with Crippen molar-refractivity contribution in [3.05, 3.63) is 42.5 Å². The highest BCUT2D eigenvalue weighted by atomic mass is 35.5. The number of amidine groups is 1. The van der Waals surface area contributed by atoms with Gasteiger partial charge in [0.2, 0.25) is 5.91 Å². The quantitative estimate of drug-likeness (QED) is 0.525. The minimum Gasteiger partial charge on any atom is -0.368 e. The molecule has 116 valence electrons. The first kappa shape index (κ1) is 16.2. The molecule has 0 unspecified atom stereocenters. The van der Waals surface area contributed by atoms with Crippen LogP contribution in [0.2, 0.25) is 0 Å². The summed E-state index contributed by atoms with van der Waals surface area (Å²) in [6, 6.07) is 7.72. The van der Waals surface area contributed by atoms with Gasteiger partial charge in [-0.15, -0.1) is 11.6 Å². The lowest BCUT2D eigenvalue weighted by Crippen LogP contribution is -2.49. The van der Waals surface area contributed by atoms with E-state index in [0.29, 0.717) is 13.1 Å². The molecule has 1 N–H and O–H groups in total. The number of aliphatic imine (C=N–C) groups is 1. The number of alkyl halides is 1. The second-order valence-electron chi connectivity index (χ2n) is 4.91. The number of halogens is 1. The molecule has 1 fully saturated rings. The van der Waals surface area contributed by atoms with Crippen LogP contribution in [0, 0.1) is 5.41 Å². The Kier molecular flexibility index (Phi) is 5.72. The number of allylic oxidation sites excluding steroid dienone is 1. The summed E-state index contributed by atoms with van der Waals surface area (Å²) in [6.45, 7) is 6.48. The number of rotatable bonds is 4. The van der Waals surface area contributed by atoms with Gasteiger partial charge < -0.3 is 9.80 Å². The monoisotopic (exact) mass is 318 g/mol. The van der Waals surface area contributed by atoms with Crippen LogP contribution in [-0.4, -0.2) is 54.9 Å². The maximum absolute atomic E-state index is 11.5. The average molecular weight is 319 g/mol. The Morgan fingerprint density at radius 2 is 1.91 bits per heavy atom. The van der Waals surface area contributed by atoms with E-state index in [4.69, 9.17) is 17.0 Å².